The Balaban J connectivity index is 1.51. The maximum Gasteiger partial charge on any atom is 0.261 e. The van der Waals surface area contributed by atoms with E-state index in [2.05, 4.69) is 10.0 Å². The molecule has 37 heavy (non-hydrogen) atoms. The zero-order valence-electron chi connectivity index (χ0n) is 20.5. The van der Waals surface area contributed by atoms with E-state index in [1.807, 2.05) is 0 Å². The summed E-state index contributed by atoms with van der Waals surface area (Å²) >= 11 is 5.99. The molecule has 11 heteroatoms. The number of piperidine rings is 1. The normalized spacial score (nSPS) is 14.8. The van der Waals surface area contributed by atoms with Crippen LogP contribution in [-0.4, -0.2) is 40.1 Å². The van der Waals surface area contributed by atoms with Gasteiger partial charge in [-0.25, -0.2) is 16.8 Å². The standard InChI is InChI=1S/C26H28ClN3O5S2/c1-18-7-11-23(37(34,35)30-14-4-3-5-15-30)17-24(18)26(31)28-21-9-12-22(13-10-21)36(32,33)29-25-16-20(27)8-6-19(25)2/h6-13,16-17,29H,3-5,14-15H2,1-2H3,(H,28,31). The van der Waals surface area contributed by atoms with Crippen LogP contribution in [0.25, 0.3) is 0 Å². The fraction of sp³-hybridized carbons (Fsp3) is 0.269. The van der Waals surface area contributed by atoms with Crippen LogP contribution < -0.4 is 10.0 Å². The average Bonchev–Trinajstić information content (AvgIpc) is 2.87. The van der Waals surface area contributed by atoms with E-state index >= 15 is 0 Å². The number of carbonyl (C=O) groups is 1. The molecule has 3 aromatic carbocycles. The van der Waals surface area contributed by atoms with Crippen molar-refractivity contribution in [1.29, 1.82) is 0 Å². The predicted molar refractivity (Wildman–Crippen MR) is 145 cm³/mol. The summed E-state index contributed by atoms with van der Waals surface area (Å²) in [7, 11) is -7.57. The van der Waals surface area contributed by atoms with Crippen molar-refractivity contribution in [1.82, 2.24) is 4.31 Å². The number of hydrogen-bond acceptors (Lipinski definition) is 5. The van der Waals surface area contributed by atoms with E-state index in [1.54, 1.807) is 32.0 Å². The molecule has 196 valence electrons. The summed E-state index contributed by atoms with van der Waals surface area (Å²) in [6.07, 6.45) is 2.64. The number of benzene rings is 3. The minimum absolute atomic E-state index is 0.00989. The molecule has 0 bridgehead atoms. The predicted octanol–water partition coefficient (Wildman–Crippen LogP) is 5.18. The van der Waals surface area contributed by atoms with E-state index in [9.17, 15) is 21.6 Å². The topological polar surface area (TPSA) is 113 Å². The lowest BCUT2D eigenvalue weighted by Gasteiger charge is -2.26. The van der Waals surface area contributed by atoms with E-state index in [4.69, 9.17) is 11.6 Å². The smallest absolute Gasteiger partial charge is 0.261 e. The molecule has 1 amide bonds. The second kappa shape index (κ2) is 10.8. The van der Waals surface area contributed by atoms with Crippen molar-refractivity contribution in [3.05, 3.63) is 82.4 Å². The monoisotopic (exact) mass is 561 g/mol. The summed E-state index contributed by atoms with van der Waals surface area (Å²) in [6.45, 7) is 4.43. The molecule has 4 rings (SSSR count). The van der Waals surface area contributed by atoms with Gasteiger partial charge in [-0.1, -0.05) is 30.2 Å². The molecule has 0 aromatic heterocycles. The van der Waals surface area contributed by atoms with E-state index in [0.29, 0.717) is 35.1 Å². The lowest BCUT2D eigenvalue weighted by Crippen LogP contribution is -2.35. The Bertz CT molecular complexity index is 1530. The van der Waals surface area contributed by atoms with E-state index in [0.717, 1.165) is 24.8 Å². The first-order chi connectivity index (χ1) is 17.5. The zero-order chi connectivity index (χ0) is 26.8. The molecule has 1 heterocycles. The van der Waals surface area contributed by atoms with Crippen LogP contribution in [0.3, 0.4) is 0 Å². The van der Waals surface area contributed by atoms with Gasteiger partial charge in [-0.3, -0.25) is 9.52 Å². The number of rotatable bonds is 7. The second-order valence-electron chi connectivity index (χ2n) is 8.98. The van der Waals surface area contributed by atoms with Crippen LogP contribution in [0.1, 0.15) is 40.7 Å². The van der Waals surface area contributed by atoms with Gasteiger partial charge in [0.2, 0.25) is 10.0 Å². The van der Waals surface area contributed by atoms with Gasteiger partial charge in [0, 0.05) is 29.4 Å². The summed E-state index contributed by atoms with van der Waals surface area (Å²) < 4.78 is 55.7. The first-order valence-corrected chi connectivity index (χ1v) is 15.1. The Morgan fingerprint density at radius 3 is 2.11 bits per heavy atom. The number of sulfonamides is 2. The minimum Gasteiger partial charge on any atom is -0.322 e. The van der Waals surface area contributed by atoms with Gasteiger partial charge < -0.3 is 5.32 Å². The highest BCUT2D eigenvalue weighted by Crippen LogP contribution is 2.26. The third kappa shape index (κ3) is 6.15. The summed E-state index contributed by atoms with van der Waals surface area (Å²) in [5.74, 6) is -0.489. The minimum atomic E-state index is -3.88. The van der Waals surface area contributed by atoms with Crippen LogP contribution in [0.15, 0.2) is 70.5 Å². The Morgan fingerprint density at radius 1 is 0.811 bits per heavy atom. The maximum absolute atomic E-state index is 13.1. The van der Waals surface area contributed by atoms with Gasteiger partial charge in [-0.2, -0.15) is 4.31 Å². The molecule has 1 fully saturated rings. The molecule has 3 aromatic rings. The van der Waals surface area contributed by atoms with Crippen LogP contribution in [0.5, 0.6) is 0 Å². The number of aryl methyl sites for hydroxylation is 2. The number of hydrogen-bond donors (Lipinski definition) is 2. The zero-order valence-corrected chi connectivity index (χ0v) is 22.9. The van der Waals surface area contributed by atoms with Gasteiger partial charge >= 0.3 is 0 Å². The quantitative estimate of drug-likeness (QED) is 0.412. The fourth-order valence-electron chi connectivity index (χ4n) is 4.08. The molecule has 0 radical (unpaired) electrons. The van der Waals surface area contributed by atoms with E-state index < -0.39 is 26.0 Å². The van der Waals surface area contributed by atoms with Crippen LogP contribution >= 0.6 is 11.6 Å². The number of nitrogens with zero attached hydrogens (tertiary/aromatic N) is 1. The van der Waals surface area contributed by atoms with E-state index in [1.165, 1.54) is 46.8 Å². The van der Waals surface area contributed by atoms with Crippen molar-refractivity contribution in [2.45, 2.75) is 42.9 Å². The van der Waals surface area contributed by atoms with Gasteiger partial charge in [-0.15, -0.1) is 0 Å². The first-order valence-electron chi connectivity index (χ1n) is 11.8. The van der Waals surface area contributed by atoms with Crippen molar-refractivity contribution < 1.29 is 21.6 Å². The van der Waals surface area contributed by atoms with Crippen molar-refractivity contribution in [2.75, 3.05) is 23.1 Å². The molecule has 1 aliphatic rings. The highest BCUT2D eigenvalue weighted by atomic mass is 35.5. The van der Waals surface area contributed by atoms with Gasteiger partial charge in [0.05, 0.1) is 15.5 Å². The number of anilines is 2. The molecule has 1 aliphatic heterocycles. The van der Waals surface area contributed by atoms with Crippen LogP contribution in [-0.2, 0) is 20.0 Å². The Kier molecular flexibility index (Phi) is 7.94. The Labute approximate surface area is 222 Å². The molecule has 0 spiro atoms. The summed E-state index contributed by atoms with van der Waals surface area (Å²) in [6, 6.07) is 15.1. The average molecular weight is 562 g/mol. The van der Waals surface area contributed by atoms with Crippen molar-refractivity contribution in [3.8, 4) is 0 Å². The Morgan fingerprint density at radius 2 is 1.43 bits per heavy atom. The lowest BCUT2D eigenvalue weighted by atomic mass is 10.1. The SMILES string of the molecule is Cc1ccc(Cl)cc1NS(=O)(=O)c1ccc(NC(=O)c2cc(S(=O)(=O)N3CCCCC3)ccc2C)cc1. The van der Waals surface area contributed by atoms with E-state index in [-0.39, 0.29) is 15.4 Å². The maximum atomic E-state index is 13.1. The highest BCUT2D eigenvalue weighted by Gasteiger charge is 2.27. The number of halogens is 1. The van der Waals surface area contributed by atoms with Gasteiger partial charge in [0.25, 0.3) is 15.9 Å². The third-order valence-electron chi connectivity index (χ3n) is 6.27. The van der Waals surface area contributed by atoms with Crippen molar-refractivity contribution in [3.63, 3.8) is 0 Å². The van der Waals surface area contributed by atoms with Crippen LogP contribution in [0.2, 0.25) is 5.02 Å². The number of carbonyl (C=O) groups excluding carboxylic acids is 1. The van der Waals surface area contributed by atoms with Crippen LogP contribution in [0, 0.1) is 13.8 Å². The molecule has 0 saturated carbocycles. The van der Waals surface area contributed by atoms with Crippen molar-refractivity contribution in [2.24, 2.45) is 0 Å². The van der Waals surface area contributed by atoms with Gasteiger partial charge in [0.15, 0.2) is 0 Å². The lowest BCUT2D eigenvalue weighted by molar-refractivity contribution is 0.102. The first kappa shape index (κ1) is 27.1. The second-order valence-corrected chi connectivity index (χ2v) is 13.0. The summed E-state index contributed by atoms with van der Waals surface area (Å²) in [5.41, 5.74) is 2.31. The summed E-state index contributed by atoms with van der Waals surface area (Å²) in [4.78, 5) is 13.1. The fourth-order valence-corrected chi connectivity index (χ4v) is 6.92. The van der Waals surface area contributed by atoms with Gasteiger partial charge in [0.1, 0.15) is 0 Å². The molecule has 0 unspecified atom stereocenters. The molecule has 0 aliphatic carbocycles. The Hall–Kier alpha value is -2.92. The third-order valence-corrected chi connectivity index (χ3v) is 9.78. The highest BCUT2D eigenvalue weighted by molar-refractivity contribution is 7.92. The molecule has 8 nitrogen and oxygen atoms in total. The van der Waals surface area contributed by atoms with Crippen molar-refractivity contribution >= 4 is 48.9 Å². The summed E-state index contributed by atoms with van der Waals surface area (Å²) in [5, 5.41) is 3.13. The van der Waals surface area contributed by atoms with Gasteiger partial charge in [-0.05, 0) is 86.3 Å². The molecule has 2 N–H and O–H groups in total. The largest absolute Gasteiger partial charge is 0.322 e. The number of nitrogens with one attached hydrogen (secondary N) is 2. The van der Waals surface area contributed by atoms with Crippen LogP contribution in [0.4, 0.5) is 11.4 Å². The number of amides is 1. The molecule has 1 saturated heterocycles. The molecule has 0 atom stereocenters. The molecular weight excluding hydrogens is 534 g/mol. The molecular formula is C26H28ClN3O5S2.